The minimum Gasteiger partial charge on any atom is -0.349 e. The maximum atomic E-state index is 4.50. The van der Waals surface area contributed by atoms with Crippen molar-refractivity contribution in [3.05, 3.63) is 59.7 Å². The second-order valence-electron chi connectivity index (χ2n) is 5.64. The van der Waals surface area contributed by atoms with Gasteiger partial charge in [-0.2, -0.15) is 10.1 Å². The number of nitrogens with one attached hydrogen (secondary N) is 2. The van der Waals surface area contributed by atoms with Crippen LogP contribution in [-0.2, 0) is 13.1 Å². The van der Waals surface area contributed by atoms with Crippen LogP contribution >= 0.6 is 0 Å². The predicted molar refractivity (Wildman–Crippen MR) is 83.5 cm³/mol. The van der Waals surface area contributed by atoms with Crippen molar-refractivity contribution in [1.82, 2.24) is 25.0 Å². The van der Waals surface area contributed by atoms with Crippen molar-refractivity contribution >= 4 is 5.95 Å². The van der Waals surface area contributed by atoms with E-state index < -0.39 is 0 Å². The molecule has 0 amide bonds. The third-order valence-electron chi connectivity index (χ3n) is 3.91. The molecule has 6 nitrogen and oxygen atoms in total. The van der Waals surface area contributed by atoms with Crippen molar-refractivity contribution in [2.75, 3.05) is 5.32 Å². The number of aromatic amines is 1. The van der Waals surface area contributed by atoms with E-state index in [9.17, 15) is 0 Å². The van der Waals surface area contributed by atoms with Crippen molar-refractivity contribution in [1.29, 1.82) is 0 Å². The zero-order chi connectivity index (χ0) is 14.8. The summed E-state index contributed by atoms with van der Waals surface area (Å²) in [5.41, 5.74) is 2.48. The van der Waals surface area contributed by atoms with Crippen LogP contribution in [0.25, 0.3) is 0 Å². The largest absolute Gasteiger partial charge is 0.349 e. The number of nitrogens with zero attached hydrogens (tertiary/aromatic N) is 4. The Bertz CT molecular complexity index is 742. The topological polar surface area (TPSA) is 71.4 Å². The number of H-pyrrole nitrogens is 1. The zero-order valence-corrected chi connectivity index (χ0v) is 12.2. The third kappa shape index (κ3) is 2.86. The van der Waals surface area contributed by atoms with Gasteiger partial charge in [0.2, 0.25) is 5.95 Å². The van der Waals surface area contributed by atoms with Gasteiger partial charge in [-0.25, -0.2) is 0 Å². The van der Waals surface area contributed by atoms with Gasteiger partial charge in [-0.3, -0.25) is 9.78 Å². The summed E-state index contributed by atoms with van der Waals surface area (Å²) in [7, 11) is 0. The summed E-state index contributed by atoms with van der Waals surface area (Å²) in [5.74, 6) is 2.28. The molecule has 2 N–H and O–H groups in total. The number of hydrogen-bond acceptors (Lipinski definition) is 4. The van der Waals surface area contributed by atoms with Crippen molar-refractivity contribution in [2.45, 2.75) is 31.8 Å². The Balaban J connectivity index is 1.45. The van der Waals surface area contributed by atoms with Gasteiger partial charge in [0.1, 0.15) is 5.82 Å². The summed E-state index contributed by atoms with van der Waals surface area (Å²) in [5, 5.41) is 14.8. The second kappa shape index (κ2) is 5.63. The average molecular weight is 294 g/mol. The molecular formula is C16H18N6. The minimum atomic E-state index is 0.593. The third-order valence-corrected chi connectivity index (χ3v) is 3.91. The molecule has 1 saturated carbocycles. The standard InChI is InChI=1S/C16H18N6/c1-2-5-14(11-22-9-3-8-18-22)13(4-1)10-17-16-19-15(20-21-16)12-6-7-12/h1-5,8-9,12H,6-7,10-11H2,(H2,17,19,20,21). The Morgan fingerprint density at radius 3 is 2.82 bits per heavy atom. The van der Waals surface area contributed by atoms with E-state index in [4.69, 9.17) is 0 Å². The lowest BCUT2D eigenvalue weighted by atomic mass is 10.1. The average Bonchev–Trinajstić information content (AvgIpc) is 3.07. The smallest absolute Gasteiger partial charge is 0.242 e. The number of rotatable bonds is 6. The first-order valence-electron chi connectivity index (χ1n) is 7.59. The summed E-state index contributed by atoms with van der Waals surface area (Å²) in [4.78, 5) is 4.50. The van der Waals surface area contributed by atoms with Gasteiger partial charge in [0.05, 0.1) is 6.54 Å². The molecule has 0 saturated heterocycles. The Hall–Kier alpha value is -2.63. The van der Waals surface area contributed by atoms with Gasteiger partial charge in [0.25, 0.3) is 0 Å². The van der Waals surface area contributed by atoms with Crippen molar-refractivity contribution in [3.63, 3.8) is 0 Å². The molecule has 4 rings (SSSR count). The van der Waals surface area contributed by atoms with E-state index in [-0.39, 0.29) is 0 Å². The fraction of sp³-hybridized carbons (Fsp3) is 0.312. The number of hydrogen-bond donors (Lipinski definition) is 2. The highest BCUT2D eigenvalue weighted by Gasteiger charge is 2.27. The van der Waals surface area contributed by atoms with Crippen molar-refractivity contribution in [2.24, 2.45) is 0 Å². The van der Waals surface area contributed by atoms with E-state index in [1.54, 1.807) is 6.20 Å². The predicted octanol–water partition coefficient (Wildman–Crippen LogP) is 2.54. The monoisotopic (exact) mass is 294 g/mol. The molecule has 0 bridgehead atoms. The summed E-state index contributed by atoms with van der Waals surface area (Å²) < 4.78 is 1.93. The van der Waals surface area contributed by atoms with E-state index in [2.05, 4.69) is 49.9 Å². The Morgan fingerprint density at radius 2 is 2.05 bits per heavy atom. The quantitative estimate of drug-likeness (QED) is 0.733. The van der Waals surface area contributed by atoms with Crippen LogP contribution < -0.4 is 5.32 Å². The van der Waals surface area contributed by atoms with Crippen LogP contribution in [-0.4, -0.2) is 25.0 Å². The van der Waals surface area contributed by atoms with Crippen LogP contribution in [0.2, 0.25) is 0 Å². The van der Waals surface area contributed by atoms with Gasteiger partial charge in [-0.1, -0.05) is 24.3 Å². The highest BCUT2D eigenvalue weighted by molar-refractivity contribution is 5.32. The Morgan fingerprint density at radius 1 is 1.18 bits per heavy atom. The lowest BCUT2D eigenvalue weighted by Crippen LogP contribution is -2.07. The summed E-state index contributed by atoms with van der Waals surface area (Å²) in [6, 6.07) is 10.3. The van der Waals surface area contributed by atoms with Crippen LogP contribution in [0.4, 0.5) is 5.95 Å². The molecule has 1 aliphatic carbocycles. The SMILES string of the molecule is c1ccc(Cn2cccn2)c(CNc2n[nH]c(C3CC3)n2)c1. The molecule has 2 heterocycles. The lowest BCUT2D eigenvalue weighted by Gasteiger charge is -2.10. The van der Waals surface area contributed by atoms with E-state index in [0.717, 1.165) is 12.4 Å². The second-order valence-corrected chi connectivity index (χ2v) is 5.64. The molecule has 0 spiro atoms. The number of anilines is 1. The van der Waals surface area contributed by atoms with Gasteiger partial charge in [0.15, 0.2) is 0 Å². The lowest BCUT2D eigenvalue weighted by molar-refractivity contribution is 0.682. The van der Waals surface area contributed by atoms with Gasteiger partial charge in [-0.05, 0) is 30.0 Å². The van der Waals surface area contributed by atoms with Gasteiger partial charge >= 0.3 is 0 Å². The fourth-order valence-corrected chi connectivity index (χ4v) is 2.52. The molecule has 0 atom stereocenters. The molecule has 0 radical (unpaired) electrons. The van der Waals surface area contributed by atoms with Crippen LogP contribution in [0.5, 0.6) is 0 Å². The molecule has 1 aromatic carbocycles. The zero-order valence-electron chi connectivity index (χ0n) is 12.2. The van der Waals surface area contributed by atoms with E-state index in [1.807, 2.05) is 16.9 Å². The molecule has 0 unspecified atom stereocenters. The molecule has 2 aromatic heterocycles. The van der Waals surface area contributed by atoms with Gasteiger partial charge in [-0.15, -0.1) is 5.10 Å². The first kappa shape index (κ1) is 13.1. The summed E-state index contributed by atoms with van der Waals surface area (Å²) in [6.45, 7) is 1.48. The Kier molecular flexibility index (Phi) is 3.34. The molecule has 0 aliphatic heterocycles. The van der Waals surface area contributed by atoms with Gasteiger partial charge < -0.3 is 5.32 Å². The normalized spacial score (nSPS) is 14.2. The highest BCUT2D eigenvalue weighted by Crippen LogP contribution is 2.38. The minimum absolute atomic E-state index is 0.593. The van der Waals surface area contributed by atoms with Gasteiger partial charge in [0, 0.05) is 24.9 Å². The molecular weight excluding hydrogens is 276 g/mol. The summed E-state index contributed by atoms with van der Waals surface area (Å²) in [6.07, 6.45) is 6.22. The maximum absolute atomic E-state index is 4.50. The number of benzene rings is 1. The van der Waals surface area contributed by atoms with Crippen LogP contribution in [0.3, 0.4) is 0 Å². The van der Waals surface area contributed by atoms with Crippen molar-refractivity contribution < 1.29 is 0 Å². The van der Waals surface area contributed by atoms with E-state index in [0.29, 0.717) is 18.4 Å². The van der Waals surface area contributed by atoms with Crippen LogP contribution in [0.1, 0.15) is 35.7 Å². The first-order valence-corrected chi connectivity index (χ1v) is 7.59. The molecule has 22 heavy (non-hydrogen) atoms. The van der Waals surface area contributed by atoms with E-state index in [1.165, 1.54) is 24.0 Å². The first-order chi connectivity index (χ1) is 10.9. The number of aromatic nitrogens is 5. The van der Waals surface area contributed by atoms with Crippen LogP contribution in [0.15, 0.2) is 42.7 Å². The van der Waals surface area contributed by atoms with E-state index >= 15 is 0 Å². The Labute approximate surface area is 128 Å². The molecule has 1 fully saturated rings. The summed E-state index contributed by atoms with van der Waals surface area (Å²) >= 11 is 0. The van der Waals surface area contributed by atoms with Crippen LogP contribution in [0, 0.1) is 0 Å². The molecule has 6 heteroatoms. The van der Waals surface area contributed by atoms with Crippen molar-refractivity contribution in [3.8, 4) is 0 Å². The molecule has 112 valence electrons. The highest BCUT2D eigenvalue weighted by atomic mass is 15.3. The molecule has 3 aromatic rings. The maximum Gasteiger partial charge on any atom is 0.242 e. The molecule has 1 aliphatic rings. The fourth-order valence-electron chi connectivity index (χ4n) is 2.52.